The van der Waals surface area contributed by atoms with E-state index in [0.717, 1.165) is 17.0 Å². The lowest BCUT2D eigenvalue weighted by Crippen LogP contribution is -1.95. The second-order valence-electron chi connectivity index (χ2n) is 2.40. The summed E-state index contributed by atoms with van der Waals surface area (Å²) in [6.07, 6.45) is 0.825. The highest BCUT2D eigenvalue weighted by atomic mass is 79.9. The molecule has 64 valence electrons. The lowest BCUT2D eigenvalue weighted by Gasteiger charge is -1.94. The van der Waals surface area contributed by atoms with Crippen LogP contribution in [0.1, 0.15) is 14.5 Å². The second kappa shape index (κ2) is 2.74. The van der Waals surface area contributed by atoms with Crippen molar-refractivity contribution in [3.8, 4) is 5.75 Å². The third-order valence-corrected chi connectivity index (χ3v) is 3.88. The number of hydrogen-bond donors (Lipinski definition) is 1. The van der Waals surface area contributed by atoms with Gasteiger partial charge in [0.15, 0.2) is 0 Å². The summed E-state index contributed by atoms with van der Waals surface area (Å²) < 4.78 is 5.85. The first kappa shape index (κ1) is 8.07. The van der Waals surface area contributed by atoms with Gasteiger partial charge in [0.2, 0.25) is 0 Å². The van der Waals surface area contributed by atoms with Crippen LogP contribution >= 0.6 is 27.3 Å². The number of thiophene rings is 1. The summed E-state index contributed by atoms with van der Waals surface area (Å²) in [5, 5.41) is 8.75. The van der Waals surface area contributed by atoms with E-state index in [9.17, 15) is 4.79 Å². The Kier molecular flexibility index (Phi) is 1.84. The maximum Gasteiger partial charge on any atom is 0.347 e. The van der Waals surface area contributed by atoms with Crippen LogP contribution in [0.4, 0.5) is 0 Å². The molecule has 2 rings (SSSR count). The van der Waals surface area contributed by atoms with Crippen LogP contribution in [-0.4, -0.2) is 17.7 Å². The van der Waals surface area contributed by atoms with Gasteiger partial charge >= 0.3 is 5.97 Å². The fraction of sp³-hybridized carbons (Fsp3) is 0.286. The van der Waals surface area contributed by atoms with Gasteiger partial charge in [0.05, 0.1) is 16.0 Å². The maximum atomic E-state index is 10.7. The zero-order valence-corrected chi connectivity index (χ0v) is 8.37. The summed E-state index contributed by atoms with van der Waals surface area (Å²) in [7, 11) is 0. The van der Waals surface area contributed by atoms with Crippen molar-refractivity contribution in [2.24, 2.45) is 0 Å². The molecule has 0 spiro atoms. The molecule has 0 saturated carbocycles. The van der Waals surface area contributed by atoms with E-state index in [1.165, 1.54) is 11.3 Å². The molecule has 1 aromatic rings. The first-order valence-corrected chi connectivity index (χ1v) is 4.98. The number of aromatic carboxylic acids is 1. The Morgan fingerprint density at radius 3 is 3.00 bits per heavy atom. The predicted octanol–water partition coefficient (Wildman–Crippen LogP) is 2.14. The Balaban J connectivity index is 2.54. The summed E-state index contributed by atoms with van der Waals surface area (Å²) in [4.78, 5) is 12.0. The van der Waals surface area contributed by atoms with Crippen molar-refractivity contribution in [3.63, 3.8) is 0 Å². The molecule has 3 nitrogen and oxygen atoms in total. The molecular weight excluding hydrogens is 244 g/mol. The van der Waals surface area contributed by atoms with Crippen molar-refractivity contribution in [1.82, 2.24) is 0 Å². The number of hydrogen-bond acceptors (Lipinski definition) is 3. The Bertz CT molecular complexity index is 345. The normalized spacial score (nSPS) is 14.1. The van der Waals surface area contributed by atoms with Crippen molar-refractivity contribution >= 4 is 33.2 Å². The number of carboxylic acids is 1. The molecular formula is C7H5BrO3S. The van der Waals surface area contributed by atoms with Gasteiger partial charge in [0.25, 0.3) is 0 Å². The van der Waals surface area contributed by atoms with Gasteiger partial charge in [0, 0.05) is 6.42 Å². The first-order chi connectivity index (χ1) is 5.70. The van der Waals surface area contributed by atoms with Crippen LogP contribution in [0.15, 0.2) is 4.47 Å². The topological polar surface area (TPSA) is 46.5 Å². The van der Waals surface area contributed by atoms with Crippen LogP contribution in [0.3, 0.4) is 0 Å². The largest absolute Gasteiger partial charge is 0.491 e. The van der Waals surface area contributed by atoms with E-state index >= 15 is 0 Å². The molecule has 0 aliphatic carbocycles. The summed E-state index contributed by atoms with van der Waals surface area (Å²) in [6.45, 7) is 0.666. The average Bonchev–Trinajstić information content (AvgIpc) is 2.53. The van der Waals surface area contributed by atoms with Gasteiger partial charge in [-0.25, -0.2) is 4.79 Å². The number of carboxylic acid groups (broad SMARTS) is 1. The highest BCUT2D eigenvalue weighted by molar-refractivity contribution is 9.10. The van der Waals surface area contributed by atoms with E-state index in [-0.39, 0.29) is 0 Å². The Morgan fingerprint density at radius 1 is 1.67 bits per heavy atom. The predicted molar refractivity (Wildman–Crippen MR) is 48.2 cm³/mol. The maximum absolute atomic E-state index is 10.7. The Morgan fingerprint density at radius 2 is 2.42 bits per heavy atom. The van der Waals surface area contributed by atoms with Crippen LogP contribution in [0.5, 0.6) is 5.75 Å². The standard InChI is InChI=1S/C7H5BrO3S/c8-4-5-3(1-2-11-5)12-6(4)7(9)10/h1-2H2,(H,9,10). The third kappa shape index (κ3) is 1.04. The molecule has 1 aliphatic heterocycles. The van der Waals surface area contributed by atoms with Crippen LogP contribution in [0.25, 0.3) is 0 Å². The van der Waals surface area contributed by atoms with Crippen LogP contribution in [0.2, 0.25) is 0 Å². The van der Waals surface area contributed by atoms with Crippen molar-refractivity contribution in [1.29, 1.82) is 0 Å². The van der Waals surface area contributed by atoms with Crippen molar-refractivity contribution < 1.29 is 14.6 Å². The molecule has 0 atom stereocenters. The van der Waals surface area contributed by atoms with Gasteiger partial charge in [-0.15, -0.1) is 11.3 Å². The molecule has 0 amide bonds. The Labute approximate surface area is 81.1 Å². The zero-order valence-electron chi connectivity index (χ0n) is 5.96. The van der Waals surface area contributed by atoms with E-state index in [2.05, 4.69) is 15.9 Å². The van der Waals surface area contributed by atoms with E-state index < -0.39 is 5.97 Å². The van der Waals surface area contributed by atoms with Gasteiger partial charge in [-0.3, -0.25) is 0 Å². The molecule has 0 saturated heterocycles. The minimum Gasteiger partial charge on any atom is -0.491 e. The highest BCUT2D eigenvalue weighted by Gasteiger charge is 2.25. The van der Waals surface area contributed by atoms with E-state index in [1.807, 2.05) is 0 Å². The third-order valence-electron chi connectivity index (χ3n) is 1.65. The van der Waals surface area contributed by atoms with E-state index in [1.54, 1.807) is 0 Å². The molecule has 0 fully saturated rings. The number of carbonyl (C=O) groups is 1. The number of ether oxygens (including phenoxy) is 1. The Hall–Kier alpha value is -0.550. The van der Waals surface area contributed by atoms with Crippen LogP contribution in [-0.2, 0) is 6.42 Å². The van der Waals surface area contributed by atoms with E-state index in [0.29, 0.717) is 16.0 Å². The van der Waals surface area contributed by atoms with Gasteiger partial charge < -0.3 is 9.84 Å². The molecule has 12 heavy (non-hydrogen) atoms. The number of rotatable bonds is 1. The first-order valence-electron chi connectivity index (χ1n) is 3.37. The monoisotopic (exact) mass is 248 g/mol. The fourth-order valence-electron chi connectivity index (χ4n) is 1.13. The van der Waals surface area contributed by atoms with Gasteiger partial charge in [-0.1, -0.05) is 0 Å². The second-order valence-corrected chi connectivity index (χ2v) is 4.30. The van der Waals surface area contributed by atoms with Gasteiger partial charge in [0.1, 0.15) is 10.6 Å². The van der Waals surface area contributed by atoms with Crippen LogP contribution < -0.4 is 4.74 Å². The fourth-order valence-corrected chi connectivity index (χ4v) is 2.98. The molecule has 0 radical (unpaired) electrons. The highest BCUT2D eigenvalue weighted by Crippen LogP contribution is 2.42. The SMILES string of the molecule is O=C(O)c1sc2c(c1Br)OCC2. The average molecular weight is 249 g/mol. The molecule has 1 aromatic heterocycles. The van der Waals surface area contributed by atoms with Crippen molar-refractivity contribution in [2.45, 2.75) is 6.42 Å². The molecule has 0 unspecified atom stereocenters. The quantitative estimate of drug-likeness (QED) is 0.829. The summed E-state index contributed by atoms with van der Waals surface area (Å²) >= 11 is 4.49. The summed E-state index contributed by atoms with van der Waals surface area (Å²) in [5.74, 6) is -0.178. The summed E-state index contributed by atoms with van der Waals surface area (Å²) in [6, 6.07) is 0. The van der Waals surface area contributed by atoms with Crippen molar-refractivity contribution in [2.75, 3.05) is 6.61 Å². The zero-order chi connectivity index (χ0) is 8.72. The smallest absolute Gasteiger partial charge is 0.347 e. The number of halogens is 1. The molecule has 1 aliphatic rings. The lowest BCUT2D eigenvalue weighted by atomic mass is 10.3. The molecule has 1 N–H and O–H groups in total. The minimum atomic E-state index is -0.898. The molecule has 5 heteroatoms. The molecule has 0 aromatic carbocycles. The lowest BCUT2D eigenvalue weighted by molar-refractivity contribution is 0.0701. The van der Waals surface area contributed by atoms with Gasteiger partial charge in [-0.2, -0.15) is 0 Å². The van der Waals surface area contributed by atoms with Gasteiger partial charge in [-0.05, 0) is 15.9 Å². The van der Waals surface area contributed by atoms with E-state index in [4.69, 9.17) is 9.84 Å². The summed E-state index contributed by atoms with van der Waals surface area (Å²) in [5.41, 5.74) is 0. The minimum absolute atomic E-state index is 0.333. The van der Waals surface area contributed by atoms with Crippen molar-refractivity contribution in [3.05, 3.63) is 14.2 Å². The molecule has 0 bridgehead atoms. The molecule has 2 heterocycles. The van der Waals surface area contributed by atoms with Crippen LogP contribution in [0, 0.1) is 0 Å². The number of fused-ring (bicyclic) bond motifs is 1.